The van der Waals surface area contributed by atoms with Gasteiger partial charge in [0, 0.05) is 10.9 Å². The lowest BCUT2D eigenvalue weighted by Crippen LogP contribution is -2.35. The van der Waals surface area contributed by atoms with Gasteiger partial charge in [-0.2, -0.15) is 0 Å². The average Bonchev–Trinajstić information content (AvgIpc) is 3.12. The molecule has 1 atom stereocenters. The number of H-pyrrole nitrogens is 1. The summed E-state index contributed by atoms with van der Waals surface area (Å²) in [5.41, 5.74) is 3.90. The van der Waals surface area contributed by atoms with Crippen molar-refractivity contribution in [3.8, 4) is 5.75 Å². The molecule has 0 aliphatic heterocycles. The van der Waals surface area contributed by atoms with E-state index in [0.717, 1.165) is 22.9 Å². The number of hydrogen-bond donors (Lipinski definition) is 3. The van der Waals surface area contributed by atoms with Gasteiger partial charge in [0.15, 0.2) is 5.69 Å². The number of aromatic hydroxyl groups is 1. The van der Waals surface area contributed by atoms with Crippen LogP contribution < -0.4 is 5.32 Å². The third-order valence-corrected chi connectivity index (χ3v) is 5.12. The van der Waals surface area contributed by atoms with E-state index < -0.39 is 0 Å². The summed E-state index contributed by atoms with van der Waals surface area (Å²) in [7, 11) is 0. The second kappa shape index (κ2) is 5.63. The summed E-state index contributed by atoms with van der Waals surface area (Å²) in [6.07, 6.45) is 0.853. The molecule has 2 aromatic carbocycles. The van der Waals surface area contributed by atoms with Crippen molar-refractivity contribution < 1.29 is 9.90 Å². The molecular weight excluding hydrogens is 326 g/mol. The van der Waals surface area contributed by atoms with E-state index >= 15 is 0 Å². The fraction of sp³-hybridized carbons (Fsp3) is 0.238. The number of benzene rings is 2. The van der Waals surface area contributed by atoms with E-state index in [-0.39, 0.29) is 23.1 Å². The predicted octanol–water partition coefficient (Wildman–Crippen LogP) is 4.48. The number of hydrogen-bond acceptors (Lipinski definition) is 2. The molecule has 5 heteroatoms. The minimum Gasteiger partial charge on any atom is -0.508 e. The lowest BCUT2D eigenvalue weighted by Gasteiger charge is -2.28. The SMILES string of the molecule is [C-]#[N+]c1ccc2c(c1)[C@H](NC(=O)c1cc3cc(O)ccc3[nH]1)C(C)(C)C2. The van der Waals surface area contributed by atoms with Crippen LogP contribution in [0, 0.1) is 12.0 Å². The van der Waals surface area contributed by atoms with E-state index in [1.165, 1.54) is 5.56 Å². The first-order valence-electron chi connectivity index (χ1n) is 8.50. The molecule has 3 N–H and O–H groups in total. The molecule has 1 aliphatic carbocycles. The van der Waals surface area contributed by atoms with Crippen molar-refractivity contribution in [2.24, 2.45) is 5.41 Å². The van der Waals surface area contributed by atoms with Gasteiger partial charge in [-0.15, -0.1) is 0 Å². The van der Waals surface area contributed by atoms with Crippen LogP contribution in [-0.4, -0.2) is 16.0 Å². The number of aromatic nitrogens is 1. The van der Waals surface area contributed by atoms with Crippen LogP contribution in [0.15, 0.2) is 42.5 Å². The first-order chi connectivity index (χ1) is 12.4. The van der Waals surface area contributed by atoms with Gasteiger partial charge in [-0.3, -0.25) is 4.79 Å². The Morgan fingerprint density at radius 1 is 1.27 bits per heavy atom. The van der Waals surface area contributed by atoms with Crippen LogP contribution in [0.3, 0.4) is 0 Å². The maximum Gasteiger partial charge on any atom is 0.268 e. The minimum absolute atomic E-state index is 0.136. The Morgan fingerprint density at radius 2 is 2.08 bits per heavy atom. The molecule has 3 aromatic rings. The highest BCUT2D eigenvalue weighted by atomic mass is 16.3. The summed E-state index contributed by atoms with van der Waals surface area (Å²) in [5.74, 6) is -0.0270. The van der Waals surface area contributed by atoms with E-state index in [1.807, 2.05) is 18.2 Å². The highest BCUT2D eigenvalue weighted by molar-refractivity contribution is 5.98. The van der Waals surface area contributed by atoms with Gasteiger partial charge < -0.3 is 15.4 Å². The fourth-order valence-electron chi connectivity index (χ4n) is 3.82. The maximum absolute atomic E-state index is 12.8. The van der Waals surface area contributed by atoms with Crippen LogP contribution in [0.4, 0.5) is 5.69 Å². The quantitative estimate of drug-likeness (QED) is 0.600. The Morgan fingerprint density at radius 3 is 2.85 bits per heavy atom. The summed E-state index contributed by atoms with van der Waals surface area (Å²) >= 11 is 0. The minimum atomic E-state index is -0.195. The molecule has 0 bridgehead atoms. The van der Waals surface area contributed by atoms with Crippen LogP contribution in [0.1, 0.15) is 41.5 Å². The van der Waals surface area contributed by atoms with Crippen molar-refractivity contribution in [3.05, 3.63) is 70.7 Å². The molecule has 26 heavy (non-hydrogen) atoms. The van der Waals surface area contributed by atoms with Crippen molar-refractivity contribution in [1.82, 2.24) is 10.3 Å². The highest BCUT2D eigenvalue weighted by Gasteiger charge is 2.40. The summed E-state index contributed by atoms with van der Waals surface area (Å²) in [6, 6.07) is 12.2. The normalized spacial score (nSPS) is 17.7. The molecule has 4 rings (SSSR count). The van der Waals surface area contributed by atoms with E-state index in [1.54, 1.807) is 24.3 Å². The summed E-state index contributed by atoms with van der Waals surface area (Å²) < 4.78 is 0. The van der Waals surface area contributed by atoms with Crippen LogP contribution >= 0.6 is 0 Å². The van der Waals surface area contributed by atoms with E-state index in [9.17, 15) is 9.90 Å². The third-order valence-electron chi connectivity index (χ3n) is 5.12. The molecule has 1 amide bonds. The number of phenols is 1. The molecule has 0 radical (unpaired) electrons. The zero-order chi connectivity index (χ0) is 18.5. The van der Waals surface area contributed by atoms with Crippen molar-refractivity contribution in [1.29, 1.82) is 0 Å². The first-order valence-corrected chi connectivity index (χ1v) is 8.50. The lowest BCUT2D eigenvalue weighted by atomic mass is 9.85. The van der Waals surface area contributed by atoms with Gasteiger partial charge in [0.25, 0.3) is 5.91 Å². The predicted molar refractivity (Wildman–Crippen MR) is 100 cm³/mol. The maximum atomic E-state index is 12.8. The Hall–Kier alpha value is -3.26. The van der Waals surface area contributed by atoms with E-state index in [4.69, 9.17) is 6.57 Å². The van der Waals surface area contributed by atoms with Gasteiger partial charge in [0.2, 0.25) is 0 Å². The average molecular weight is 345 g/mol. The Labute approximate surface area is 151 Å². The van der Waals surface area contributed by atoms with Gasteiger partial charge in [0.1, 0.15) is 11.4 Å². The van der Waals surface area contributed by atoms with Gasteiger partial charge in [0.05, 0.1) is 12.6 Å². The largest absolute Gasteiger partial charge is 0.508 e. The number of carbonyl (C=O) groups is 1. The Bertz CT molecular complexity index is 1070. The van der Waals surface area contributed by atoms with Crippen LogP contribution in [0.5, 0.6) is 5.75 Å². The molecule has 0 fully saturated rings. The molecule has 0 spiro atoms. The first kappa shape index (κ1) is 16.2. The third kappa shape index (κ3) is 2.60. The monoisotopic (exact) mass is 345 g/mol. The van der Waals surface area contributed by atoms with Crippen molar-refractivity contribution in [3.63, 3.8) is 0 Å². The molecule has 1 aromatic heterocycles. The number of phenolic OH excluding ortho intramolecular Hbond substituents is 1. The molecule has 130 valence electrons. The van der Waals surface area contributed by atoms with Gasteiger partial charge >= 0.3 is 0 Å². The summed E-state index contributed by atoms with van der Waals surface area (Å²) in [5, 5.41) is 13.5. The van der Waals surface area contributed by atoms with Crippen molar-refractivity contribution in [2.45, 2.75) is 26.3 Å². The van der Waals surface area contributed by atoms with Crippen LogP contribution in [0.2, 0.25) is 0 Å². The molecule has 1 heterocycles. The lowest BCUT2D eigenvalue weighted by molar-refractivity contribution is 0.0899. The number of rotatable bonds is 2. The summed E-state index contributed by atoms with van der Waals surface area (Å²) in [6.45, 7) is 11.5. The molecule has 5 nitrogen and oxygen atoms in total. The topological polar surface area (TPSA) is 69.5 Å². The number of nitrogens with zero attached hydrogens (tertiary/aromatic N) is 1. The number of fused-ring (bicyclic) bond motifs is 2. The van der Waals surface area contributed by atoms with Gasteiger partial charge in [-0.25, -0.2) is 4.85 Å². The number of amides is 1. The highest BCUT2D eigenvalue weighted by Crippen LogP contribution is 2.46. The molecular formula is C21H19N3O2. The number of aromatic amines is 1. The number of carbonyl (C=O) groups excluding carboxylic acids is 1. The molecule has 0 saturated heterocycles. The van der Waals surface area contributed by atoms with Gasteiger partial charge in [-0.1, -0.05) is 32.0 Å². The zero-order valence-electron chi connectivity index (χ0n) is 14.6. The Kier molecular flexibility index (Phi) is 3.52. The fourth-order valence-corrected chi connectivity index (χ4v) is 3.82. The van der Waals surface area contributed by atoms with Crippen molar-refractivity contribution in [2.75, 3.05) is 0 Å². The van der Waals surface area contributed by atoms with E-state index in [2.05, 4.69) is 29.0 Å². The number of nitrogens with one attached hydrogen (secondary N) is 2. The zero-order valence-corrected chi connectivity index (χ0v) is 14.6. The van der Waals surface area contributed by atoms with Gasteiger partial charge in [-0.05, 0) is 47.2 Å². The standard InChI is InChI=1S/C21H19N3O2/c1-21(2)11-12-4-5-14(22-3)10-16(12)19(21)24-20(26)18-9-13-8-15(25)6-7-17(13)23-18/h4-10,19,23,25H,11H2,1-2H3,(H,24,26)/t19-/m0/s1. The molecule has 1 aliphatic rings. The van der Waals surface area contributed by atoms with E-state index in [0.29, 0.717) is 11.4 Å². The Balaban J connectivity index is 1.67. The second-order valence-corrected chi connectivity index (χ2v) is 7.52. The molecule has 0 unspecified atom stereocenters. The van der Waals surface area contributed by atoms with Crippen LogP contribution in [-0.2, 0) is 6.42 Å². The molecule has 0 saturated carbocycles. The second-order valence-electron chi connectivity index (χ2n) is 7.52. The summed E-state index contributed by atoms with van der Waals surface area (Å²) in [4.78, 5) is 19.5. The van der Waals surface area contributed by atoms with Crippen LogP contribution in [0.25, 0.3) is 15.7 Å². The van der Waals surface area contributed by atoms with Crippen molar-refractivity contribution >= 4 is 22.5 Å². The smallest absolute Gasteiger partial charge is 0.268 e.